The molecule has 0 saturated heterocycles. The van der Waals surface area contributed by atoms with Crippen LogP contribution in [-0.2, 0) is 6.54 Å². The number of hydrogen-bond acceptors (Lipinski definition) is 2. The lowest BCUT2D eigenvalue weighted by Gasteiger charge is -2.05. The summed E-state index contributed by atoms with van der Waals surface area (Å²) in [5.41, 5.74) is 2.44. The lowest BCUT2D eigenvalue weighted by atomic mass is 10.1. The molecule has 4 heteroatoms. The lowest BCUT2D eigenvalue weighted by molar-refractivity contribution is 0.0950. The molecule has 0 aliphatic rings. The molecule has 0 aliphatic carbocycles. The maximum atomic E-state index is 11.8. The third-order valence-corrected chi connectivity index (χ3v) is 2.58. The van der Waals surface area contributed by atoms with Crippen LogP contribution < -0.4 is 10.9 Å². The molecule has 1 heterocycles. The number of aromatic amines is 1. The molecule has 0 unspecified atom stereocenters. The second-order valence-corrected chi connectivity index (χ2v) is 4.11. The predicted octanol–water partition coefficient (Wildman–Crippen LogP) is 1.61. The Bertz CT molecular complexity index is 597. The fraction of sp³-hybridized carbons (Fsp3) is 0.143. The number of H-pyrrole nitrogens is 1. The number of aryl methyl sites for hydroxylation is 1. The number of pyridine rings is 1. The monoisotopic (exact) mass is 242 g/mol. The first-order valence-electron chi connectivity index (χ1n) is 5.67. The van der Waals surface area contributed by atoms with Crippen LogP contribution in [-0.4, -0.2) is 10.9 Å². The molecule has 18 heavy (non-hydrogen) atoms. The van der Waals surface area contributed by atoms with Crippen LogP contribution >= 0.6 is 0 Å². The molecule has 0 saturated carbocycles. The Labute approximate surface area is 105 Å². The molecule has 1 amide bonds. The topological polar surface area (TPSA) is 62.0 Å². The summed E-state index contributed by atoms with van der Waals surface area (Å²) in [5.74, 6) is -0.201. The first-order valence-corrected chi connectivity index (χ1v) is 5.67. The van der Waals surface area contributed by atoms with Crippen molar-refractivity contribution in [2.45, 2.75) is 13.5 Å². The van der Waals surface area contributed by atoms with Gasteiger partial charge in [0.05, 0.1) is 5.56 Å². The van der Waals surface area contributed by atoms with Gasteiger partial charge in [0.2, 0.25) is 5.56 Å². The first kappa shape index (κ1) is 12.1. The van der Waals surface area contributed by atoms with Gasteiger partial charge in [-0.2, -0.15) is 0 Å². The highest BCUT2D eigenvalue weighted by Gasteiger charge is 2.04. The Morgan fingerprint density at radius 2 is 2.11 bits per heavy atom. The molecule has 0 radical (unpaired) electrons. The number of nitrogens with one attached hydrogen (secondary N) is 2. The summed E-state index contributed by atoms with van der Waals surface area (Å²) < 4.78 is 0. The Kier molecular flexibility index (Phi) is 3.57. The van der Waals surface area contributed by atoms with Gasteiger partial charge in [0, 0.05) is 18.8 Å². The Morgan fingerprint density at radius 3 is 2.78 bits per heavy atom. The van der Waals surface area contributed by atoms with E-state index in [2.05, 4.69) is 10.3 Å². The van der Waals surface area contributed by atoms with Crippen LogP contribution in [0.2, 0.25) is 0 Å². The van der Waals surface area contributed by atoms with Crippen molar-refractivity contribution in [1.82, 2.24) is 10.3 Å². The lowest BCUT2D eigenvalue weighted by Crippen LogP contribution is -2.23. The minimum Gasteiger partial charge on any atom is -0.348 e. The van der Waals surface area contributed by atoms with Gasteiger partial charge < -0.3 is 10.3 Å². The summed E-state index contributed by atoms with van der Waals surface area (Å²) in [6.07, 6.45) is 1.41. The quantitative estimate of drug-likeness (QED) is 0.859. The summed E-state index contributed by atoms with van der Waals surface area (Å²) in [6.45, 7) is 2.48. The maximum absolute atomic E-state index is 11.8. The van der Waals surface area contributed by atoms with Crippen LogP contribution in [0.4, 0.5) is 0 Å². The summed E-state index contributed by atoms with van der Waals surface area (Å²) in [4.78, 5) is 25.1. The molecule has 0 bridgehead atoms. The van der Waals surface area contributed by atoms with E-state index in [-0.39, 0.29) is 11.5 Å². The molecule has 1 aromatic carbocycles. The van der Waals surface area contributed by atoms with Crippen molar-refractivity contribution in [2.24, 2.45) is 0 Å². The van der Waals surface area contributed by atoms with Crippen LogP contribution in [0, 0.1) is 6.92 Å². The van der Waals surface area contributed by atoms with E-state index in [9.17, 15) is 9.59 Å². The second-order valence-electron chi connectivity index (χ2n) is 4.11. The Balaban J connectivity index is 2.00. The fourth-order valence-corrected chi connectivity index (χ4v) is 1.66. The van der Waals surface area contributed by atoms with E-state index in [1.807, 2.05) is 31.2 Å². The van der Waals surface area contributed by atoms with Gasteiger partial charge in [-0.25, -0.2) is 0 Å². The van der Waals surface area contributed by atoms with Gasteiger partial charge in [-0.05, 0) is 18.6 Å². The maximum Gasteiger partial charge on any atom is 0.253 e. The van der Waals surface area contributed by atoms with Crippen LogP contribution in [0.1, 0.15) is 21.5 Å². The smallest absolute Gasteiger partial charge is 0.253 e. The summed E-state index contributed by atoms with van der Waals surface area (Å²) >= 11 is 0. The van der Waals surface area contributed by atoms with E-state index in [0.29, 0.717) is 12.1 Å². The molecule has 1 aromatic heterocycles. The van der Waals surface area contributed by atoms with Crippen LogP contribution in [0.25, 0.3) is 0 Å². The third kappa shape index (κ3) is 3.07. The third-order valence-electron chi connectivity index (χ3n) is 2.58. The molecular formula is C14H14N2O2. The number of aromatic nitrogens is 1. The zero-order valence-electron chi connectivity index (χ0n) is 10.1. The molecule has 0 fully saturated rings. The van der Waals surface area contributed by atoms with Gasteiger partial charge in [-0.3, -0.25) is 9.59 Å². The highest BCUT2D eigenvalue weighted by Crippen LogP contribution is 2.03. The number of benzene rings is 1. The van der Waals surface area contributed by atoms with E-state index in [4.69, 9.17) is 0 Å². The average molecular weight is 242 g/mol. The molecule has 92 valence electrons. The van der Waals surface area contributed by atoms with Crippen LogP contribution in [0.3, 0.4) is 0 Å². The zero-order chi connectivity index (χ0) is 13.0. The fourth-order valence-electron chi connectivity index (χ4n) is 1.66. The highest BCUT2D eigenvalue weighted by molar-refractivity contribution is 5.93. The minimum absolute atomic E-state index is 0.201. The van der Waals surface area contributed by atoms with E-state index >= 15 is 0 Å². The van der Waals surface area contributed by atoms with Gasteiger partial charge in [-0.1, -0.05) is 29.8 Å². The average Bonchev–Trinajstić information content (AvgIpc) is 2.37. The molecule has 4 nitrogen and oxygen atoms in total. The van der Waals surface area contributed by atoms with Crippen molar-refractivity contribution in [3.8, 4) is 0 Å². The van der Waals surface area contributed by atoms with E-state index in [1.165, 1.54) is 18.3 Å². The van der Waals surface area contributed by atoms with E-state index in [0.717, 1.165) is 11.1 Å². The molecule has 0 spiro atoms. The van der Waals surface area contributed by atoms with Crippen LogP contribution in [0.5, 0.6) is 0 Å². The van der Waals surface area contributed by atoms with Crippen molar-refractivity contribution in [2.75, 3.05) is 0 Å². The molecule has 2 N–H and O–H groups in total. The van der Waals surface area contributed by atoms with E-state index in [1.54, 1.807) is 0 Å². The predicted molar refractivity (Wildman–Crippen MR) is 69.4 cm³/mol. The summed E-state index contributed by atoms with van der Waals surface area (Å²) in [7, 11) is 0. The molecular weight excluding hydrogens is 228 g/mol. The van der Waals surface area contributed by atoms with Crippen molar-refractivity contribution in [3.63, 3.8) is 0 Å². The van der Waals surface area contributed by atoms with Crippen molar-refractivity contribution in [3.05, 3.63) is 69.6 Å². The molecule has 2 aromatic rings. The van der Waals surface area contributed by atoms with Crippen molar-refractivity contribution in [1.29, 1.82) is 0 Å². The standard InChI is InChI=1S/C14H14N2O2/c1-10-3-2-4-11(7-10)8-16-14(18)12-5-6-13(17)15-9-12/h2-7,9H,8H2,1H3,(H,15,17)(H,16,18). The molecule has 0 aliphatic heterocycles. The Morgan fingerprint density at radius 1 is 1.28 bits per heavy atom. The molecule has 0 atom stereocenters. The number of rotatable bonds is 3. The first-order chi connectivity index (χ1) is 8.65. The van der Waals surface area contributed by atoms with E-state index < -0.39 is 0 Å². The normalized spacial score (nSPS) is 10.1. The minimum atomic E-state index is -0.217. The molecule has 2 rings (SSSR count). The number of hydrogen-bond donors (Lipinski definition) is 2. The van der Waals surface area contributed by atoms with Gasteiger partial charge in [0.1, 0.15) is 0 Å². The number of amides is 1. The SMILES string of the molecule is Cc1cccc(CNC(=O)c2ccc(=O)[nH]c2)c1. The number of carbonyl (C=O) groups excluding carboxylic acids is 1. The van der Waals surface area contributed by atoms with Crippen molar-refractivity contribution < 1.29 is 4.79 Å². The van der Waals surface area contributed by atoms with Gasteiger partial charge in [0.15, 0.2) is 0 Å². The summed E-state index contributed by atoms with van der Waals surface area (Å²) in [6, 6.07) is 10.8. The van der Waals surface area contributed by atoms with Crippen molar-refractivity contribution >= 4 is 5.91 Å². The van der Waals surface area contributed by atoms with Gasteiger partial charge in [-0.15, -0.1) is 0 Å². The van der Waals surface area contributed by atoms with Crippen LogP contribution in [0.15, 0.2) is 47.4 Å². The zero-order valence-corrected chi connectivity index (χ0v) is 10.1. The van der Waals surface area contributed by atoms with Gasteiger partial charge >= 0.3 is 0 Å². The summed E-state index contributed by atoms with van der Waals surface area (Å²) in [5, 5.41) is 2.80. The largest absolute Gasteiger partial charge is 0.348 e. The number of carbonyl (C=O) groups is 1. The Hall–Kier alpha value is -2.36. The van der Waals surface area contributed by atoms with Gasteiger partial charge in [0.25, 0.3) is 5.91 Å². The highest BCUT2D eigenvalue weighted by atomic mass is 16.1. The second kappa shape index (κ2) is 5.31.